The Balaban J connectivity index is 1.30. The zero-order valence-electron chi connectivity index (χ0n) is 23.4. The molecule has 0 unspecified atom stereocenters. The Hall–Kier alpha value is -5.65. The summed E-state index contributed by atoms with van der Waals surface area (Å²) in [6, 6.07) is 48.0. The average Bonchev–Trinajstić information content (AvgIpc) is 3.66. The van der Waals surface area contributed by atoms with Gasteiger partial charge in [0.15, 0.2) is 17.5 Å². The number of fused-ring (bicyclic) bond motifs is 6. The number of hydrogen-bond donors (Lipinski definition) is 0. The number of thiophene rings is 1. The van der Waals surface area contributed by atoms with Crippen molar-refractivity contribution in [1.82, 2.24) is 15.0 Å². The average molecular weight is 582 g/mol. The van der Waals surface area contributed by atoms with E-state index in [2.05, 4.69) is 91.0 Å². The van der Waals surface area contributed by atoms with Crippen molar-refractivity contribution in [1.29, 1.82) is 0 Å². The number of furan rings is 1. The van der Waals surface area contributed by atoms with Gasteiger partial charge < -0.3 is 4.42 Å². The largest absolute Gasteiger partial charge is 0.456 e. The monoisotopic (exact) mass is 581 g/mol. The fourth-order valence-corrected chi connectivity index (χ4v) is 7.13. The van der Waals surface area contributed by atoms with E-state index in [1.54, 1.807) is 11.3 Å². The van der Waals surface area contributed by atoms with Crippen molar-refractivity contribution in [2.45, 2.75) is 0 Å². The molecule has 0 spiro atoms. The summed E-state index contributed by atoms with van der Waals surface area (Å²) in [6.45, 7) is 0. The summed E-state index contributed by atoms with van der Waals surface area (Å²) in [4.78, 5) is 15.1. The second-order valence-electron chi connectivity index (χ2n) is 10.8. The van der Waals surface area contributed by atoms with E-state index in [1.165, 1.54) is 20.2 Å². The molecule has 0 N–H and O–H groups in total. The van der Waals surface area contributed by atoms with Crippen LogP contribution in [0, 0.1) is 0 Å². The van der Waals surface area contributed by atoms with Crippen LogP contribution in [0.5, 0.6) is 0 Å². The minimum absolute atomic E-state index is 0.601. The van der Waals surface area contributed by atoms with Gasteiger partial charge in [-0.1, -0.05) is 97.1 Å². The molecule has 6 aromatic carbocycles. The van der Waals surface area contributed by atoms with Crippen LogP contribution in [0.2, 0.25) is 0 Å². The summed E-state index contributed by atoms with van der Waals surface area (Å²) < 4.78 is 8.93. The Labute approximate surface area is 256 Å². The van der Waals surface area contributed by atoms with E-state index in [-0.39, 0.29) is 0 Å². The van der Waals surface area contributed by atoms with E-state index in [0.29, 0.717) is 17.5 Å². The summed E-state index contributed by atoms with van der Waals surface area (Å²) in [5.41, 5.74) is 6.61. The Morgan fingerprint density at radius 3 is 1.82 bits per heavy atom. The minimum atomic E-state index is 0.601. The maximum atomic E-state index is 6.42. The van der Waals surface area contributed by atoms with E-state index in [1.807, 2.05) is 48.5 Å². The van der Waals surface area contributed by atoms with Gasteiger partial charge >= 0.3 is 0 Å². The Morgan fingerprint density at radius 1 is 0.409 bits per heavy atom. The van der Waals surface area contributed by atoms with E-state index >= 15 is 0 Å². The molecule has 3 heterocycles. The second kappa shape index (κ2) is 9.97. The first-order chi connectivity index (χ1) is 21.8. The van der Waals surface area contributed by atoms with Gasteiger partial charge in [0.1, 0.15) is 11.2 Å². The van der Waals surface area contributed by atoms with Crippen LogP contribution in [0.4, 0.5) is 0 Å². The third-order valence-electron chi connectivity index (χ3n) is 8.12. The molecule has 0 saturated carbocycles. The van der Waals surface area contributed by atoms with Gasteiger partial charge in [-0.05, 0) is 53.6 Å². The van der Waals surface area contributed by atoms with Crippen molar-refractivity contribution in [2.75, 3.05) is 0 Å². The molecule has 0 atom stereocenters. The van der Waals surface area contributed by atoms with Crippen LogP contribution in [0.3, 0.4) is 0 Å². The topological polar surface area (TPSA) is 51.8 Å². The maximum Gasteiger partial charge on any atom is 0.164 e. The summed E-state index contributed by atoms with van der Waals surface area (Å²) >= 11 is 1.80. The number of rotatable bonds is 4. The molecule has 0 aliphatic heterocycles. The summed E-state index contributed by atoms with van der Waals surface area (Å²) in [5.74, 6) is 1.87. The normalized spacial score (nSPS) is 11.6. The third kappa shape index (κ3) is 4.09. The molecular formula is C39H23N3OS. The summed E-state index contributed by atoms with van der Waals surface area (Å²) in [7, 11) is 0. The zero-order chi connectivity index (χ0) is 29.0. The second-order valence-corrected chi connectivity index (χ2v) is 11.9. The molecule has 206 valence electrons. The van der Waals surface area contributed by atoms with Crippen molar-refractivity contribution in [2.24, 2.45) is 0 Å². The fraction of sp³-hybridized carbons (Fsp3) is 0. The minimum Gasteiger partial charge on any atom is -0.456 e. The lowest BCUT2D eigenvalue weighted by Gasteiger charge is -2.11. The molecule has 9 aromatic rings. The van der Waals surface area contributed by atoms with Gasteiger partial charge in [-0.2, -0.15) is 0 Å². The lowest BCUT2D eigenvalue weighted by atomic mass is 9.97. The van der Waals surface area contributed by atoms with Crippen molar-refractivity contribution < 1.29 is 4.42 Å². The molecule has 3 aromatic heterocycles. The molecule has 0 aliphatic carbocycles. The van der Waals surface area contributed by atoms with Crippen LogP contribution in [0.15, 0.2) is 144 Å². The first-order valence-corrected chi connectivity index (χ1v) is 15.3. The van der Waals surface area contributed by atoms with E-state index < -0.39 is 0 Å². The van der Waals surface area contributed by atoms with Crippen molar-refractivity contribution in [3.8, 4) is 45.3 Å². The van der Waals surface area contributed by atoms with Gasteiger partial charge in [-0.25, -0.2) is 15.0 Å². The smallest absolute Gasteiger partial charge is 0.164 e. The van der Waals surface area contributed by atoms with E-state index in [0.717, 1.165) is 49.8 Å². The standard InChI is InChI=1S/C39H23N3OS/c1-3-11-24(12-4-1)30-22-27(23-33-36(30)29-16-7-9-17-32(29)43-33)39-41-37(25-13-5-2-6-14-25)40-38(42-39)26-19-20-35-31(21-26)28-15-8-10-18-34(28)44-35/h1-23H. The Bertz CT molecular complexity index is 2500. The molecule has 0 bridgehead atoms. The van der Waals surface area contributed by atoms with Crippen molar-refractivity contribution >= 4 is 53.4 Å². The third-order valence-corrected chi connectivity index (χ3v) is 9.28. The van der Waals surface area contributed by atoms with E-state index in [4.69, 9.17) is 19.4 Å². The first kappa shape index (κ1) is 24.9. The summed E-state index contributed by atoms with van der Waals surface area (Å²) in [5, 5.41) is 4.63. The highest BCUT2D eigenvalue weighted by molar-refractivity contribution is 7.25. The highest BCUT2D eigenvalue weighted by atomic mass is 32.1. The summed E-state index contributed by atoms with van der Waals surface area (Å²) in [6.07, 6.45) is 0. The van der Waals surface area contributed by atoms with Crippen LogP contribution in [-0.2, 0) is 0 Å². The lowest BCUT2D eigenvalue weighted by molar-refractivity contribution is 0.669. The molecule has 0 fully saturated rings. The lowest BCUT2D eigenvalue weighted by Crippen LogP contribution is -2.00. The molecule has 0 amide bonds. The van der Waals surface area contributed by atoms with Crippen LogP contribution in [0.25, 0.3) is 87.4 Å². The molecule has 0 aliphatic rings. The SMILES string of the molecule is c1ccc(-c2nc(-c3cc(-c4ccccc4)c4c(c3)oc3ccccc34)nc(-c3ccc4sc5ccccc5c4c3)n2)cc1. The molecule has 0 saturated heterocycles. The van der Waals surface area contributed by atoms with Crippen LogP contribution < -0.4 is 0 Å². The quantitative estimate of drug-likeness (QED) is 0.207. The maximum absolute atomic E-state index is 6.42. The van der Waals surface area contributed by atoms with Crippen LogP contribution in [-0.4, -0.2) is 15.0 Å². The van der Waals surface area contributed by atoms with Gasteiger partial charge in [0, 0.05) is 47.6 Å². The number of hydrogen-bond acceptors (Lipinski definition) is 5. The molecule has 44 heavy (non-hydrogen) atoms. The predicted octanol–water partition coefficient (Wildman–Crippen LogP) is 10.8. The van der Waals surface area contributed by atoms with E-state index in [9.17, 15) is 0 Å². The number of para-hydroxylation sites is 1. The van der Waals surface area contributed by atoms with Crippen molar-refractivity contribution in [3.05, 3.63) is 140 Å². The Morgan fingerprint density at radius 2 is 1.02 bits per heavy atom. The highest BCUT2D eigenvalue weighted by Gasteiger charge is 2.19. The molecule has 5 heteroatoms. The van der Waals surface area contributed by atoms with Crippen LogP contribution in [0.1, 0.15) is 0 Å². The van der Waals surface area contributed by atoms with Gasteiger partial charge in [0.2, 0.25) is 0 Å². The number of benzene rings is 6. The molecular weight excluding hydrogens is 559 g/mol. The molecule has 9 rings (SSSR count). The first-order valence-electron chi connectivity index (χ1n) is 14.5. The Kier molecular flexibility index (Phi) is 5.64. The van der Waals surface area contributed by atoms with Crippen LogP contribution >= 0.6 is 11.3 Å². The predicted molar refractivity (Wildman–Crippen MR) is 182 cm³/mol. The number of aromatic nitrogens is 3. The van der Waals surface area contributed by atoms with Gasteiger partial charge in [0.05, 0.1) is 0 Å². The van der Waals surface area contributed by atoms with Gasteiger partial charge in [-0.15, -0.1) is 11.3 Å². The highest BCUT2D eigenvalue weighted by Crippen LogP contribution is 2.40. The van der Waals surface area contributed by atoms with Crippen molar-refractivity contribution in [3.63, 3.8) is 0 Å². The molecule has 4 nitrogen and oxygen atoms in total. The van der Waals surface area contributed by atoms with Gasteiger partial charge in [-0.3, -0.25) is 0 Å². The molecule has 0 radical (unpaired) electrons. The fourth-order valence-electron chi connectivity index (χ4n) is 6.04. The number of nitrogens with zero attached hydrogens (tertiary/aromatic N) is 3. The van der Waals surface area contributed by atoms with Gasteiger partial charge in [0.25, 0.3) is 0 Å². The zero-order valence-corrected chi connectivity index (χ0v) is 24.3.